The second-order valence-corrected chi connectivity index (χ2v) is 7.66. The van der Waals surface area contributed by atoms with Crippen LogP contribution in [0, 0.1) is 6.92 Å². The summed E-state index contributed by atoms with van der Waals surface area (Å²) in [6.07, 6.45) is 1.60. The molecule has 8 heteroatoms. The molecule has 0 aliphatic rings. The second-order valence-electron chi connectivity index (χ2n) is 5.92. The predicted molar refractivity (Wildman–Crippen MR) is 108 cm³/mol. The van der Waals surface area contributed by atoms with Crippen LogP contribution in [0.15, 0.2) is 53.9 Å². The summed E-state index contributed by atoms with van der Waals surface area (Å²) in [5, 5.41) is 11.8. The molecule has 27 heavy (non-hydrogen) atoms. The molecule has 0 aliphatic carbocycles. The van der Waals surface area contributed by atoms with E-state index in [0.29, 0.717) is 21.6 Å². The van der Waals surface area contributed by atoms with Crippen LogP contribution in [-0.2, 0) is 4.79 Å². The average Bonchev–Trinajstić information content (AvgIpc) is 3.10. The third-order valence-corrected chi connectivity index (χ3v) is 5.16. The maximum atomic E-state index is 12.7. The molecule has 3 aromatic rings. The predicted octanol–water partition coefficient (Wildman–Crippen LogP) is 4.36. The zero-order valence-electron chi connectivity index (χ0n) is 15.1. The van der Waals surface area contributed by atoms with E-state index in [1.54, 1.807) is 24.1 Å². The molecule has 140 valence electrons. The zero-order valence-corrected chi connectivity index (χ0v) is 16.7. The van der Waals surface area contributed by atoms with Crippen LogP contribution in [0.2, 0.25) is 5.02 Å². The molecule has 2 aromatic carbocycles. The average molecular weight is 403 g/mol. The number of anilines is 1. The van der Waals surface area contributed by atoms with Gasteiger partial charge in [-0.3, -0.25) is 9.36 Å². The van der Waals surface area contributed by atoms with Crippen LogP contribution in [0.25, 0.3) is 5.69 Å². The number of carbonyl (C=O) groups is 1. The molecule has 0 aliphatic heterocycles. The molecule has 1 atom stereocenters. The number of nitrogens with one attached hydrogen (secondary N) is 1. The van der Waals surface area contributed by atoms with E-state index in [1.807, 2.05) is 50.2 Å². The van der Waals surface area contributed by atoms with Gasteiger partial charge in [-0.1, -0.05) is 35.5 Å². The number of thioether (sulfide) groups is 1. The first-order chi connectivity index (χ1) is 13.0. The van der Waals surface area contributed by atoms with Crippen molar-refractivity contribution in [1.82, 2.24) is 14.8 Å². The Morgan fingerprint density at radius 1 is 1.30 bits per heavy atom. The Bertz CT molecular complexity index is 960. The third-order valence-electron chi connectivity index (χ3n) is 3.87. The number of halogens is 1. The topological polar surface area (TPSA) is 69.0 Å². The molecular formula is C19H19ClN4O2S. The van der Waals surface area contributed by atoms with Gasteiger partial charge in [0, 0.05) is 5.02 Å². The quantitative estimate of drug-likeness (QED) is 0.620. The molecule has 1 unspecified atom stereocenters. The van der Waals surface area contributed by atoms with Crippen molar-refractivity contribution in [3.8, 4) is 11.4 Å². The fraction of sp³-hybridized carbons (Fsp3) is 0.211. The van der Waals surface area contributed by atoms with Crippen LogP contribution >= 0.6 is 23.4 Å². The lowest BCUT2D eigenvalue weighted by atomic mass is 10.2. The normalized spacial score (nSPS) is 11.9. The number of rotatable bonds is 6. The SMILES string of the molecule is COc1ccc(C)cc1NC(=O)C(C)Sc1nncn1-c1cccc(Cl)c1. The van der Waals surface area contributed by atoms with Crippen LogP contribution in [0.4, 0.5) is 5.69 Å². The molecule has 3 rings (SSSR count). The number of hydrogen-bond acceptors (Lipinski definition) is 5. The van der Waals surface area contributed by atoms with Crippen molar-refractivity contribution < 1.29 is 9.53 Å². The van der Waals surface area contributed by atoms with Crippen LogP contribution < -0.4 is 10.1 Å². The molecule has 1 amide bonds. The van der Waals surface area contributed by atoms with E-state index in [0.717, 1.165) is 11.3 Å². The highest BCUT2D eigenvalue weighted by Crippen LogP contribution is 2.28. The van der Waals surface area contributed by atoms with Crippen molar-refractivity contribution in [2.24, 2.45) is 0 Å². The fourth-order valence-corrected chi connectivity index (χ4v) is 3.50. The molecule has 0 fully saturated rings. The highest BCUT2D eigenvalue weighted by Gasteiger charge is 2.20. The number of benzene rings is 2. The van der Waals surface area contributed by atoms with Crippen molar-refractivity contribution in [3.63, 3.8) is 0 Å². The summed E-state index contributed by atoms with van der Waals surface area (Å²) in [6, 6.07) is 13.0. The van der Waals surface area contributed by atoms with Gasteiger partial charge in [-0.15, -0.1) is 10.2 Å². The Morgan fingerprint density at radius 2 is 2.11 bits per heavy atom. The van der Waals surface area contributed by atoms with Crippen LogP contribution in [0.5, 0.6) is 5.75 Å². The first kappa shape index (κ1) is 19.3. The minimum absolute atomic E-state index is 0.149. The molecule has 1 heterocycles. The fourth-order valence-electron chi connectivity index (χ4n) is 2.47. The number of ether oxygens (including phenoxy) is 1. The summed E-state index contributed by atoms with van der Waals surface area (Å²) < 4.78 is 7.11. The molecular weight excluding hydrogens is 384 g/mol. The summed E-state index contributed by atoms with van der Waals surface area (Å²) in [4.78, 5) is 12.7. The summed E-state index contributed by atoms with van der Waals surface area (Å²) in [5.41, 5.74) is 2.52. The molecule has 0 bridgehead atoms. The number of hydrogen-bond donors (Lipinski definition) is 1. The molecule has 0 saturated carbocycles. The highest BCUT2D eigenvalue weighted by atomic mass is 35.5. The van der Waals surface area contributed by atoms with Crippen molar-refractivity contribution in [2.75, 3.05) is 12.4 Å². The van der Waals surface area contributed by atoms with E-state index < -0.39 is 5.25 Å². The Morgan fingerprint density at radius 3 is 2.85 bits per heavy atom. The van der Waals surface area contributed by atoms with Gasteiger partial charge in [0.15, 0.2) is 5.16 Å². The van der Waals surface area contributed by atoms with Crippen molar-refractivity contribution in [3.05, 3.63) is 59.4 Å². The van der Waals surface area contributed by atoms with Crippen molar-refractivity contribution in [1.29, 1.82) is 0 Å². The van der Waals surface area contributed by atoms with Gasteiger partial charge in [0.25, 0.3) is 0 Å². The van der Waals surface area contributed by atoms with Gasteiger partial charge in [-0.05, 0) is 49.7 Å². The van der Waals surface area contributed by atoms with E-state index in [4.69, 9.17) is 16.3 Å². The number of nitrogens with zero attached hydrogens (tertiary/aromatic N) is 3. The first-order valence-corrected chi connectivity index (χ1v) is 9.52. The van der Waals surface area contributed by atoms with Crippen LogP contribution in [0.1, 0.15) is 12.5 Å². The Balaban J connectivity index is 1.75. The van der Waals surface area contributed by atoms with Crippen LogP contribution in [-0.4, -0.2) is 33.0 Å². The summed E-state index contributed by atoms with van der Waals surface area (Å²) >= 11 is 7.38. The lowest BCUT2D eigenvalue weighted by molar-refractivity contribution is -0.115. The third kappa shape index (κ3) is 4.61. The first-order valence-electron chi connectivity index (χ1n) is 8.26. The Hall–Kier alpha value is -2.51. The minimum atomic E-state index is -0.391. The number of aryl methyl sites for hydroxylation is 1. The maximum absolute atomic E-state index is 12.7. The van der Waals surface area contributed by atoms with E-state index >= 15 is 0 Å². The Kier molecular flexibility index (Phi) is 6.03. The minimum Gasteiger partial charge on any atom is -0.495 e. The van der Waals surface area contributed by atoms with E-state index in [1.165, 1.54) is 11.8 Å². The van der Waals surface area contributed by atoms with Gasteiger partial charge < -0.3 is 10.1 Å². The molecule has 1 aromatic heterocycles. The molecule has 0 radical (unpaired) electrons. The molecule has 6 nitrogen and oxygen atoms in total. The number of carbonyl (C=O) groups excluding carboxylic acids is 1. The maximum Gasteiger partial charge on any atom is 0.237 e. The van der Waals surface area contributed by atoms with E-state index in [9.17, 15) is 4.79 Å². The standard InChI is InChI=1S/C19H19ClN4O2S/c1-12-7-8-17(26-3)16(9-12)22-18(25)13(2)27-19-23-21-11-24(19)15-6-4-5-14(20)10-15/h4-11,13H,1-3H3,(H,22,25). The largest absolute Gasteiger partial charge is 0.495 e. The molecule has 0 spiro atoms. The number of aromatic nitrogens is 3. The number of methoxy groups -OCH3 is 1. The van der Waals surface area contributed by atoms with Gasteiger partial charge >= 0.3 is 0 Å². The smallest absolute Gasteiger partial charge is 0.237 e. The van der Waals surface area contributed by atoms with Crippen LogP contribution in [0.3, 0.4) is 0 Å². The van der Waals surface area contributed by atoms with Gasteiger partial charge in [0.1, 0.15) is 12.1 Å². The van der Waals surface area contributed by atoms with E-state index in [-0.39, 0.29) is 5.91 Å². The van der Waals surface area contributed by atoms with Crippen molar-refractivity contribution >= 4 is 35.0 Å². The highest BCUT2D eigenvalue weighted by molar-refractivity contribution is 8.00. The lowest BCUT2D eigenvalue weighted by Gasteiger charge is -2.15. The van der Waals surface area contributed by atoms with Crippen molar-refractivity contribution in [2.45, 2.75) is 24.3 Å². The monoisotopic (exact) mass is 402 g/mol. The second kappa shape index (κ2) is 8.45. The molecule has 0 saturated heterocycles. The summed E-state index contributed by atoms with van der Waals surface area (Å²) in [5.74, 6) is 0.470. The van der Waals surface area contributed by atoms with E-state index in [2.05, 4.69) is 15.5 Å². The van der Waals surface area contributed by atoms with Gasteiger partial charge in [-0.2, -0.15) is 0 Å². The summed E-state index contributed by atoms with van der Waals surface area (Å²) in [7, 11) is 1.58. The van der Waals surface area contributed by atoms with Gasteiger partial charge in [0.2, 0.25) is 5.91 Å². The van der Waals surface area contributed by atoms with Gasteiger partial charge in [-0.25, -0.2) is 0 Å². The lowest BCUT2D eigenvalue weighted by Crippen LogP contribution is -2.23. The molecule has 1 N–H and O–H groups in total. The zero-order chi connectivity index (χ0) is 19.4. The van der Waals surface area contributed by atoms with Gasteiger partial charge in [0.05, 0.1) is 23.7 Å². The number of amides is 1. The summed E-state index contributed by atoms with van der Waals surface area (Å²) in [6.45, 7) is 3.78. The Labute approximate surface area is 166 Å².